The Morgan fingerprint density at radius 3 is 2.61 bits per heavy atom. The average Bonchev–Trinajstić information content (AvgIpc) is 2.35. The van der Waals surface area contributed by atoms with Gasteiger partial charge in [0.25, 0.3) is 0 Å². The van der Waals surface area contributed by atoms with Crippen molar-refractivity contribution in [2.45, 2.75) is 13.0 Å². The van der Waals surface area contributed by atoms with Gasteiger partial charge in [0.1, 0.15) is 0 Å². The van der Waals surface area contributed by atoms with Crippen molar-refractivity contribution in [1.29, 1.82) is 0 Å². The maximum Gasteiger partial charge on any atom is 0.0877 e. The Labute approximate surface area is 108 Å². The molecule has 1 N–H and O–H groups in total. The Bertz CT molecular complexity index is 533. The fourth-order valence-corrected chi connectivity index (χ4v) is 2.59. The maximum absolute atomic E-state index is 5.94. The van der Waals surface area contributed by atoms with Gasteiger partial charge in [-0.05, 0) is 29.3 Å². The van der Waals surface area contributed by atoms with Crippen molar-refractivity contribution < 1.29 is 4.74 Å². The molecule has 94 valence electrons. The van der Waals surface area contributed by atoms with E-state index in [0.29, 0.717) is 5.92 Å². The van der Waals surface area contributed by atoms with E-state index in [4.69, 9.17) is 4.74 Å². The molecule has 0 spiro atoms. The molecule has 1 saturated heterocycles. The molecule has 2 aromatic carbocycles. The molecule has 0 aliphatic carbocycles. The van der Waals surface area contributed by atoms with Crippen molar-refractivity contribution in [2.75, 3.05) is 19.7 Å². The second kappa shape index (κ2) is 5.09. The molecule has 0 amide bonds. The molecule has 1 unspecified atom stereocenters. The Morgan fingerprint density at radius 1 is 1.17 bits per heavy atom. The van der Waals surface area contributed by atoms with Crippen molar-refractivity contribution in [3.8, 4) is 0 Å². The third-order valence-corrected chi connectivity index (χ3v) is 3.69. The topological polar surface area (TPSA) is 21.3 Å². The minimum atomic E-state index is 0.237. The zero-order chi connectivity index (χ0) is 12.4. The van der Waals surface area contributed by atoms with Gasteiger partial charge >= 0.3 is 0 Å². The lowest BCUT2D eigenvalue weighted by Crippen LogP contribution is -2.45. The minimum absolute atomic E-state index is 0.237. The number of hydrogen-bond acceptors (Lipinski definition) is 2. The first-order valence-electron chi connectivity index (χ1n) is 6.69. The quantitative estimate of drug-likeness (QED) is 0.888. The molecule has 1 atom stereocenters. The van der Waals surface area contributed by atoms with Crippen molar-refractivity contribution in [3.05, 3.63) is 48.0 Å². The van der Waals surface area contributed by atoms with Gasteiger partial charge in [-0.25, -0.2) is 0 Å². The van der Waals surface area contributed by atoms with Crippen LogP contribution in [-0.4, -0.2) is 19.7 Å². The Kier molecular flexibility index (Phi) is 3.31. The SMILES string of the molecule is CCOC(c1ccc2ccccc2c1)C1CNC1. The molecule has 1 fully saturated rings. The highest BCUT2D eigenvalue weighted by atomic mass is 16.5. The van der Waals surface area contributed by atoms with Crippen LogP contribution in [0.1, 0.15) is 18.6 Å². The van der Waals surface area contributed by atoms with E-state index in [1.807, 2.05) is 0 Å². The molecule has 0 radical (unpaired) electrons. The van der Waals surface area contributed by atoms with E-state index >= 15 is 0 Å². The normalized spacial score (nSPS) is 17.6. The molecule has 18 heavy (non-hydrogen) atoms. The number of hydrogen-bond donors (Lipinski definition) is 1. The molecule has 1 aliphatic heterocycles. The van der Waals surface area contributed by atoms with Crippen LogP contribution in [0, 0.1) is 5.92 Å². The number of nitrogens with one attached hydrogen (secondary N) is 1. The fourth-order valence-electron chi connectivity index (χ4n) is 2.59. The highest BCUT2D eigenvalue weighted by Gasteiger charge is 2.28. The first-order valence-corrected chi connectivity index (χ1v) is 6.69. The van der Waals surface area contributed by atoms with E-state index in [-0.39, 0.29) is 6.10 Å². The van der Waals surface area contributed by atoms with Crippen LogP contribution in [0.2, 0.25) is 0 Å². The molecule has 3 rings (SSSR count). The van der Waals surface area contributed by atoms with Crippen LogP contribution < -0.4 is 5.32 Å². The highest BCUT2D eigenvalue weighted by Crippen LogP contribution is 2.30. The van der Waals surface area contributed by atoms with Gasteiger partial charge in [0.05, 0.1) is 6.10 Å². The summed E-state index contributed by atoms with van der Waals surface area (Å²) < 4.78 is 5.94. The van der Waals surface area contributed by atoms with Crippen molar-refractivity contribution in [2.24, 2.45) is 5.92 Å². The molecule has 2 heteroatoms. The molecular weight excluding hydrogens is 222 g/mol. The van der Waals surface area contributed by atoms with Crippen molar-refractivity contribution >= 4 is 10.8 Å². The fraction of sp³-hybridized carbons (Fsp3) is 0.375. The molecule has 1 aliphatic rings. The number of fused-ring (bicyclic) bond motifs is 1. The number of ether oxygens (including phenoxy) is 1. The molecule has 0 saturated carbocycles. The van der Waals surface area contributed by atoms with Gasteiger partial charge in [-0.2, -0.15) is 0 Å². The van der Waals surface area contributed by atoms with Gasteiger partial charge < -0.3 is 10.1 Å². The number of benzene rings is 2. The summed E-state index contributed by atoms with van der Waals surface area (Å²) in [6.45, 7) is 4.98. The highest BCUT2D eigenvalue weighted by molar-refractivity contribution is 5.83. The van der Waals surface area contributed by atoms with E-state index < -0.39 is 0 Å². The summed E-state index contributed by atoms with van der Waals surface area (Å²) in [4.78, 5) is 0. The summed E-state index contributed by atoms with van der Waals surface area (Å²) in [6, 6.07) is 15.2. The van der Waals surface area contributed by atoms with E-state index in [1.54, 1.807) is 0 Å². The van der Waals surface area contributed by atoms with Gasteiger partial charge in [-0.1, -0.05) is 36.4 Å². The van der Waals surface area contributed by atoms with Crippen molar-refractivity contribution in [1.82, 2.24) is 5.32 Å². The minimum Gasteiger partial charge on any atom is -0.373 e. The van der Waals surface area contributed by atoms with Crippen LogP contribution >= 0.6 is 0 Å². The molecule has 1 heterocycles. The van der Waals surface area contributed by atoms with Gasteiger partial charge in [-0.15, -0.1) is 0 Å². The Balaban J connectivity index is 1.95. The Hall–Kier alpha value is -1.38. The van der Waals surface area contributed by atoms with E-state index in [2.05, 4.69) is 54.7 Å². The third-order valence-electron chi connectivity index (χ3n) is 3.69. The maximum atomic E-state index is 5.94. The van der Waals surface area contributed by atoms with Crippen LogP contribution in [-0.2, 0) is 4.74 Å². The summed E-state index contributed by atoms with van der Waals surface area (Å²) in [5.74, 6) is 0.617. The monoisotopic (exact) mass is 241 g/mol. The van der Waals surface area contributed by atoms with E-state index in [1.165, 1.54) is 16.3 Å². The lowest BCUT2D eigenvalue weighted by Gasteiger charge is -2.34. The zero-order valence-corrected chi connectivity index (χ0v) is 10.7. The van der Waals surface area contributed by atoms with Gasteiger partial charge in [0.2, 0.25) is 0 Å². The lowest BCUT2D eigenvalue weighted by atomic mass is 9.90. The summed E-state index contributed by atoms with van der Waals surface area (Å²) in [5, 5.41) is 5.92. The van der Waals surface area contributed by atoms with E-state index in [9.17, 15) is 0 Å². The third kappa shape index (κ3) is 2.14. The molecule has 2 nitrogen and oxygen atoms in total. The molecule has 2 aromatic rings. The van der Waals surface area contributed by atoms with Crippen LogP contribution in [0.15, 0.2) is 42.5 Å². The standard InChI is InChI=1S/C16H19NO/c1-2-18-16(15-10-17-11-15)14-8-7-12-5-3-4-6-13(12)9-14/h3-9,15-17H,2,10-11H2,1H3. The summed E-state index contributed by atoms with van der Waals surface area (Å²) in [5.41, 5.74) is 1.31. The summed E-state index contributed by atoms with van der Waals surface area (Å²) in [7, 11) is 0. The first-order chi connectivity index (χ1) is 8.88. The van der Waals surface area contributed by atoms with Crippen LogP contribution in [0.4, 0.5) is 0 Å². The predicted molar refractivity (Wildman–Crippen MR) is 74.7 cm³/mol. The van der Waals surface area contributed by atoms with Gasteiger partial charge in [0.15, 0.2) is 0 Å². The molecule has 0 aromatic heterocycles. The number of rotatable bonds is 4. The predicted octanol–water partition coefficient (Wildman–Crippen LogP) is 3.14. The Morgan fingerprint density at radius 2 is 1.94 bits per heavy atom. The second-order valence-electron chi connectivity index (χ2n) is 4.90. The first kappa shape index (κ1) is 11.7. The van der Waals surface area contributed by atoms with Crippen LogP contribution in [0.25, 0.3) is 10.8 Å². The summed E-state index contributed by atoms with van der Waals surface area (Å²) in [6.07, 6.45) is 0.237. The lowest BCUT2D eigenvalue weighted by molar-refractivity contribution is 0.000515. The van der Waals surface area contributed by atoms with Crippen molar-refractivity contribution in [3.63, 3.8) is 0 Å². The molecule has 0 bridgehead atoms. The molecular formula is C16H19NO. The largest absolute Gasteiger partial charge is 0.373 e. The average molecular weight is 241 g/mol. The smallest absolute Gasteiger partial charge is 0.0877 e. The van der Waals surface area contributed by atoms with Crippen LogP contribution in [0.3, 0.4) is 0 Å². The zero-order valence-electron chi connectivity index (χ0n) is 10.7. The van der Waals surface area contributed by atoms with Crippen LogP contribution in [0.5, 0.6) is 0 Å². The van der Waals surface area contributed by atoms with Gasteiger partial charge in [0, 0.05) is 25.6 Å². The van der Waals surface area contributed by atoms with Gasteiger partial charge in [-0.3, -0.25) is 0 Å². The van der Waals surface area contributed by atoms with E-state index in [0.717, 1.165) is 19.7 Å². The summed E-state index contributed by atoms with van der Waals surface area (Å²) >= 11 is 0. The second-order valence-corrected chi connectivity index (χ2v) is 4.90.